The van der Waals surface area contributed by atoms with Gasteiger partial charge >= 0.3 is 0 Å². The Kier molecular flexibility index (Phi) is 4.13. The molecular weight excluding hydrogens is 192 g/mol. The van der Waals surface area contributed by atoms with Gasteiger partial charge in [-0.05, 0) is 54.3 Å². The van der Waals surface area contributed by atoms with E-state index >= 15 is 0 Å². The molecule has 1 aliphatic carbocycles. The molecule has 0 heterocycles. The Hall–Kier alpha value is 0. The highest BCUT2D eigenvalue weighted by Crippen LogP contribution is 2.50. The van der Waals surface area contributed by atoms with Gasteiger partial charge < -0.3 is 0 Å². The molecule has 0 atom stereocenters. The summed E-state index contributed by atoms with van der Waals surface area (Å²) in [6, 6.07) is 0. The normalized spacial score (nSPS) is 32.4. The second-order valence-electron chi connectivity index (χ2n) is 7.56. The van der Waals surface area contributed by atoms with Gasteiger partial charge in [0.1, 0.15) is 0 Å². The quantitative estimate of drug-likeness (QED) is 0.592. The first kappa shape index (κ1) is 14.1. The summed E-state index contributed by atoms with van der Waals surface area (Å²) in [6.07, 6.45) is 5.76. The van der Waals surface area contributed by atoms with Crippen molar-refractivity contribution in [2.45, 2.75) is 74.1 Å². The Morgan fingerprint density at radius 2 is 1.44 bits per heavy atom. The van der Waals surface area contributed by atoms with Crippen LogP contribution in [0, 0.1) is 28.6 Å². The maximum absolute atomic E-state index is 2.50. The molecule has 0 aromatic rings. The predicted octanol–water partition coefficient (Wildman–Crippen LogP) is 5.52. The largest absolute Gasteiger partial charge is 0.0623 e. The molecule has 0 spiro atoms. The minimum absolute atomic E-state index is 0.526. The third-order valence-electron chi connectivity index (χ3n) is 6.06. The van der Waals surface area contributed by atoms with Gasteiger partial charge in [0, 0.05) is 0 Å². The van der Waals surface area contributed by atoms with Crippen LogP contribution in [-0.2, 0) is 0 Å². The molecule has 0 radical (unpaired) electrons. The SMILES string of the molecule is CC(C)C1(C)CCC(C(C)(C)C(C)C)CC1. The van der Waals surface area contributed by atoms with Gasteiger partial charge in [0.15, 0.2) is 0 Å². The van der Waals surface area contributed by atoms with Crippen LogP contribution in [0.3, 0.4) is 0 Å². The van der Waals surface area contributed by atoms with Crippen LogP contribution in [0.5, 0.6) is 0 Å². The third kappa shape index (κ3) is 2.63. The molecule has 0 amide bonds. The highest BCUT2D eigenvalue weighted by Gasteiger charge is 2.40. The standard InChI is InChI=1S/C16H32/c1-12(2)15(5,6)14-8-10-16(7,11-9-14)13(3)4/h12-14H,8-11H2,1-7H3. The molecule has 1 rings (SSSR count). The van der Waals surface area contributed by atoms with Crippen LogP contribution in [0.25, 0.3) is 0 Å². The maximum Gasteiger partial charge on any atom is -0.0303 e. The molecule has 0 bridgehead atoms. The van der Waals surface area contributed by atoms with Gasteiger partial charge in [0.25, 0.3) is 0 Å². The van der Waals surface area contributed by atoms with Crippen molar-refractivity contribution in [3.8, 4) is 0 Å². The van der Waals surface area contributed by atoms with E-state index in [2.05, 4.69) is 48.5 Å². The van der Waals surface area contributed by atoms with Gasteiger partial charge in [0.2, 0.25) is 0 Å². The summed E-state index contributed by atoms with van der Waals surface area (Å²) in [6.45, 7) is 17.0. The van der Waals surface area contributed by atoms with Crippen LogP contribution >= 0.6 is 0 Å². The van der Waals surface area contributed by atoms with Crippen molar-refractivity contribution in [2.75, 3.05) is 0 Å². The molecule has 0 nitrogen and oxygen atoms in total. The minimum atomic E-state index is 0.526. The van der Waals surface area contributed by atoms with Crippen molar-refractivity contribution in [3.63, 3.8) is 0 Å². The maximum atomic E-state index is 2.50. The Morgan fingerprint density at radius 1 is 1.00 bits per heavy atom. The molecular formula is C16H32. The van der Waals surface area contributed by atoms with Crippen LogP contribution in [-0.4, -0.2) is 0 Å². The second kappa shape index (κ2) is 4.70. The summed E-state index contributed by atoms with van der Waals surface area (Å²) in [4.78, 5) is 0. The van der Waals surface area contributed by atoms with E-state index in [1.807, 2.05) is 0 Å². The average Bonchev–Trinajstić information content (AvgIpc) is 2.18. The molecule has 1 fully saturated rings. The zero-order valence-electron chi connectivity index (χ0n) is 12.6. The van der Waals surface area contributed by atoms with E-state index in [4.69, 9.17) is 0 Å². The lowest BCUT2D eigenvalue weighted by Crippen LogP contribution is -2.37. The highest BCUT2D eigenvalue weighted by molar-refractivity contribution is 4.90. The van der Waals surface area contributed by atoms with Crippen molar-refractivity contribution in [2.24, 2.45) is 28.6 Å². The van der Waals surface area contributed by atoms with Crippen molar-refractivity contribution >= 4 is 0 Å². The van der Waals surface area contributed by atoms with Crippen molar-refractivity contribution in [3.05, 3.63) is 0 Å². The Bertz CT molecular complexity index is 214. The van der Waals surface area contributed by atoms with Gasteiger partial charge in [-0.3, -0.25) is 0 Å². The molecule has 0 heteroatoms. The molecule has 96 valence electrons. The summed E-state index contributed by atoms with van der Waals surface area (Å²) >= 11 is 0. The van der Waals surface area contributed by atoms with Gasteiger partial charge in [-0.1, -0.05) is 48.5 Å². The molecule has 0 aromatic carbocycles. The first-order valence-electron chi connectivity index (χ1n) is 7.20. The van der Waals surface area contributed by atoms with Gasteiger partial charge in [-0.15, -0.1) is 0 Å². The van der Waals surface area contributed by atoms with Crippen molar-refractivity contribution in [1.29, 1.82) is 0 Å². The zero-order chi connectivity index (χ0) is 12.6. The van der Waals surface area contributed by atoms with E-state index in [1.165, 1.54) is 25.7 Å². The molecule has 0 aromatic heterocycles. The topological polar surface area (TPSA) is 0 Å². The van der Waals surface area contributed by atoms with Crippen LogP contribution in [0.4, 0.5) is 0 Å². The predicted molar refractivity (Wildman–Crippen MR) is 73.5 cm³/mol. The van der Waals surface area contributed by atoms with E-state index in [-0.39, 0.29) is 0 Å². The Labute approximate surface area is 103 Å². The fourth-order valence-corrected chi connectivity index (χ4v) is 3.07. The number of hydrogen-bond acceptors (Lipinski definition) is 0. The molecule has 0 N–H and O–H groups in total. The second-order valence-corrected chi connectivity index (χ2v) is 7.56. The number of hydrogen-bond donors (Lipinski definition) is 0. The summed E-state index contributed by atoms with van der Waals surface area (Å²) in [5.74, 6) is 2.59. The van der Waals surface area contributed by atoms with E-state index in [9.17, 15) is 0 Å². The van der Waals surface area contributed by atoms with Crippen LogP contribution < -0.4 is 0 Å². The molecule has 0 unspecified atom stereocenters. The summed E-state index contributed by atoms with van der Waals surface area (Å²) in [5.41, 5.74) is 1.14. The van der Waals surface area contributed by atoms with E-state index in [1.54, 1.807) is 0 Å². The smallest absolute Gasteiger partial charge is 0.0303 e. The van der Waals surface area contributed by atoms with E-state index in [0.29, 0.717) is 10.8 Å². The van der Waals surface area contributed by atoms with E-state index in [0.717, 1.165) is 17.8 Å². The lowest BCUT2D eigenvalue weighted by Gasteiger charge is -2.47. The van der Waals surface area contributed by atoms with Gasteiger partial charge in [0.05, 0.1) is 0 Å². The lowest BCUT2D eigenvalue weighted by molar-refractivity contribution is 0.0352. The van der Waals surface area contributed by atoms with Crippen LogP contribution in [0.2, 0.25) is 0 Å². The fraction of sp³-hybridized carbons (Fsp3) is 1.00. The molecule has 1 aliphatic rings. The van der Waals surface area contributed by atoms with Crippen LogP contribution in [0.15, 0.2) is 0 Å². The van der Waals surface area contributed by atoms with Crippen molar-refractivity contribution in [1.82, 2.24) is 0 Å². The number of rotatable bonds is 3. The highest BCUT2D eigenvalue weighted by atomic mass is 14.4. The minimum Gasteiger partial charge on any atom is -0.0623 e. The Morgan fingerprint density at radius 3 is 1.75 bits per heavy atom. The van der Waals surface area contributed by atoms with Gasteiger partial charge in [-0.25, -0.2) is 0 Å². The van der Waals surface area contributed by atoms with Gasteiger partial charge in [-0.2, -0.15) is 0 Å². The third-order valence-corrected chi connectivity index (χ3v) is 6.06. The van der Waals surface area contributed by atoms with E-state index < -0.39 is 0 Å². The molecule has 16 heavy (non-hydrogen) atoms. The summed E-state index contributed by atoms with van der Waals surface area (Å²) in [7, 11) is 0. The lowest BCUT2D eigenvalue weighted by atomic mass is 9.58. The summed E-state index contributed by atoms with van der Waals surface area (Å²) < 4.78 is 0. The Balaban J connectivity index is 2.62. The van der Waals surface area contributed by atoms with Crippen molar-refractivity contribution < 1.29 is 0 Å². The molecule has 1 saturated carbocycles. The summed E-state index contributed by atoms with van der Waals surface area (Å²) in [5, 5.41) is 0. The molecule has 0 saturated heterocycles. The van der Waals surface area contributed by atoms with Crippen LogP contribution in [0.1, 0.15) is 74.1 Å². The first-order chi connectivity index (χ1) is 7.20. The molecule has 0 aliphatic heterocycles. The fourth-order valence-electron chi connectivity index (χ4n) is 3.07. The first-order valence-corrected chi connectivity index (χ1v) is 7.20. The average molecular weight is 224 g/mol. The zero-order valence-corrected chi connectivity index (χ0v) is 12.6. The monoisotopic (exact) mass is 224 g/mol.